The Balaban J connectivity index is 1.76. The van der Waals surface area contributed by atoms with E-state index in [2.05, 4.69) is 15.5 Å². The monoisotopic (exact) mass is 476 g/mol. The number of ether oxygens (including phenoxy) is 1. The molecule has 170 valence electrons. The molecule has 13 heteroatoms. The van der Waals surface area contributed by atoms with Gasteiger partial charge in [-0.15, -0.1) is 10.2 Å². The molecule has 2 aromatic carbocycles. The maximum Gasteiger partial charge on any atom is 0.416 e. The molecule has 0 fully saturated rings. The van der Waals surface area contributed by atoms with E-state index in [9.17, 15) is 31.1 Å². The average molecular weight is 476 g/mol. The Labute approximate surface area is 181 Å². The second-order valence-electron chi connectivity index (χ2n) is 6.29. The third kappa shape index (κ3) is 5.52. The molecule has 0 aliphatic rings. The molecule has 1 N–H and O–H groups in total. The van der Waals surface area contributed by atoms with E-state index in [0.29, 0.717) is 23.6 Å². The highest BCUT2D eigenvalue weighted by molar-refractivity contribution is 7.99. The Hall–Kier alpha value is -3.22. The van der Waals surface area contributed by atoms with E-state index in [4.69, 9.17) is 4.74 Å². The number of carbonyl (C=O) groups excluding carboxylic acids is 1. The van der Waals surface area contributed by atoms with Gasteiger partial charge >= 0.3 is 12.4 Å². The van der Waals surface area contributed by atoms with E-state index in [1.807, 2.05) is 0 Å². The van der Waals surface area contributed by atoms with Crippen LogP contribution in [0.1, 0.15) is 11.1 Å². The van der Waals surface area contributed by atoms with Gasteiger partial charge in [-0.05, 0) is 30.3 Å². The molecule has 1 heterocycles. The van der Waals surface area contributed by atoms with Gasteiger partial charge in [0.25, 0.3) is 0 Å². The zero-order valence-corrected chi connectivity index (χ0v) is 17.0. The van der Waals surface area contributed by atoms with Crippen LogP contribution in [0.2, 0.25) is 0 Å². The molecule has 0 bridgehead atoms. The Morgan fingerprint density at radius 3 is 2.28 bits per heavy atom. The SMILES string of the molecule is COc1ccccc1-n1cnnc1SCC(=O)Nc1cc(C(F)(F)F)cc(C(F)(F)F)c1. The maximum absolute atomic E-state index is 13.0. The molecule has 3 rings (SSSR count). The number of halogens is 6. The second kappa shape index (κ2) is 9.10. The highest BCUT2D eigenvalue weighted by atomic mass is 32.2. The molecule has 3 aromatic rings. The standard InChI is InChI=1S/C19H14F6N4O2S/c1-31-15-5-3-2-4-14(15)29-10-26-28-17(29)32-9-16(30)27-13-7-11(18(20,21)22)6-12(8-13)19(23,24)25/h2-8,10H,9H2,1H3,(H,27,30). The lowest BCUT2D eigenvalue weighted by atomic mass is 10.1. The molecule has 6 nitrogen and oxygen atoms in total. The molecule has 0 aliphatic heterocycles. The normalized spacial score (nSPS) is 12.0. The third-order valence-electron chi connectivity index (χ3n) is 4.06. The number of carbonyl (C=O) groups is 1. The number of anilines is 1. The zero-order valence-electron chi connectivity index (χ0n) is 16.2. The van der Waals surface area contributed by atoms with Gasteiger partial charge in [0.05, 0.1) is 29.7 Å². The van der Waals surface area contributed by atoms with Crippen LogP contribution in [-0.2, 0) is 17.1 Å². The van der Waals surface area contributed by atoms with E-state index in [-0.39, 0.29) is 17.0 Å². The zero-order chi connectivity index (χ0) is 23.5. The predicted octanol–water partition coefficient (Wildman–Crippen LogP) is 5.04. The minimum atomic E-state index is -5.01. The number of nitrogens with one attached hydrogen (secondary N) is 1. The highest BCUT2D eigenvalue weighted by Crippen LogP contribution is 2.37. The summed E-state index contributed by atoms with van der Waals surface area (Å²) in [4.78, 5) is 12.2. The van der Waals surface area contributed by atoms with Crippen LogP contribution >= 0.6 is 11.8 Å². The lowest BCUT2D eigenvalue weighted by molar-refractivity contribution is -0.143. The number of alkyl halides is 6. The third-order valence-corrected chi connectivity index (χ3v) is 5.01. The van der Waals surface area contributed by atoms with Gasteiger partial charge in [0, 0.05) is 5.69 Å². The minimum Gasteiger partial charge on any atom is -0.495 e. The largest absolute Gasteiger partial charge is 0.495 e. The van der Waals surface area contributed by atoms with E-state index in [0.717, 1.165) is 11.8 Å². The van der Waals surface area contributed by atoms with Gasteiger partial charge in [-0.25, -0.2) is 0 Å². The van der Waals surface area contributed by atoms with Crippen molar-refractivity contribution in [2.75, 3.05) is 18.2 Å². The summed E-state index contributed by atoms with van der Waals surface area (Å²) in [6.07, 6.45) is -8.65. The Kier molecular flexibility index (Phi) is 6.67. The van der Waals surface area contributed by atoms with Crippen LogP contribution in [0.3, 0.4) is 0 Å². The molecule has 0 radical (unpaired) electrons. The first kappa shape index (κ1) is 23.4. The molecule has 1 amide bonds. The van der Waals surface area contributed by atoms with Gasteiger partial charge in [0.1, 0.15) is 12.1 Å². The Morgan fingerprint density at radius 2 is 1.69 bits per heavy atom. The topological polar surface area (TPSA) is 69.0 Å². The fourth-order valence-corrected chi connectivity index (χ4v) is 3.39. The van der Waals surface area contributed by atoms with Crippen LogP contribution in [0.15, 0.2) is 53.9 Å². The van der Waals surface area contributed by atoms with Crippen molar-refractivity contribution >= 4 is 23.4 Å². The summed E-state index contributed by atoms with van der Waals surface area (Å²) in [5.41, 5.74) is -3.09. The van der Waals surface area contributed by atoms with Crippen molar-refractivity contribution in [1.82, 2.24) is 14.8 Å². The van der Waals surface area contributed by atoms with Crippen molar-refractivity contribution < 1.29 is 35.9 Å². The number of benzene rings is 2. The van der Waals surface area contributed by atoms with Crippen LogP contribution in [0, 0.1) is 0 Å². The summed E-state index contributed by atoms with van der Waals surface area (Å²) in [5.74, 6) is -0.662. The first-order valence-corrected chi connectivity index (χ1v) is 9.73. The molecule has 0 spiro atoms. The van der Waals surface area contributed by atoms with Crippen LogP contribution in [0.5, 0.6) is 5.75 Å². The van der Waals surface area contributed by atoms with Crippen LogP contribution in [0.4, 0.5) is 32.0 Å². The van der Waals surface area contributed by atoms with Crippen LogP contribution < -0.4 is 10.1 Å². The van der Waals surface area contributed by atoms with Crippen molar-refractivity contribution in [2.24, 2.45) is 0 Å². The smallest absolute Gasteiger partial charge is 0.416 e. The number of hydrogen-bond acceptors (Lipinski definition) is 5. The number of rotatable bonds is 6. The fraction of sp³-hybridized carbons (Fsp3) is 0.211. The summed E-state index contributed by atoms with van der Waals surface area (Å²) < 4.78 is 84.6. The van der Waals surface area contributed by atoms with Crippen molar-refractivity contribution in [3.8, 4) is 11.4 Å². The van der Waals surface area contributed by atoms with Gasteiger partial charge < -0.3 is 10.1 Å². The van der Waals surface area contributed by atoms with Gasteiger partial charge in [0.2, 0.25) is 5.91 Å². The number of aromatic nitrogens is 3. The molecule has 0 saturated heterocycles. The van der Waals surface area contributed by atoms with Crippen molar-refractivity contribution in [3.63, 3.8) is 0 Å². The molecule has 0 aliphatic carbocycles. The van der Waals surface area contributed by atoms with Gasteiger partial charge in [0.15, 0.2) is 5.16 Å². The molecular weight excluding hydrogens is 462 g/mol. The van der Waals surface area contributed by atoms with Crippen LogP contribution in [0.25, 0.3) is 5.69 Å². The summed E-state index contributed by atoms with van der Waals surface area (Å²) in [5, 5.41) is 9.99. The minimum absolute atomic E-state index is 0.0138. The highest BCUT2D eigenvalue weighted by Gasteiger charge is 2.37. The molecule has 0 atom stereocenters. The predicted molar refractivity (Wildman–Crippen MR) is 104 cm³/mol. The lowest BCUT2D eigenvalue weighted by Gasteiger charge is -2.15. The lowest BCUT2D eigenvalue weighted by Crippen LogP contribution is -2.17. The average Bonchev–Trinajstić information content (AvgIpc) is 3.19. The quantitative estimate of drug-likeness (QED) is 0.399. The number of methoxy groups -OCH3 is 1. The number of amides is 1. The van der Waals surface area contributed by atoms with E-state index < -0.39 is 35.1 Å². The van der Waals surface area contributed by atoms with Gasteiger partial charge in [-0.3, -0.25) is 9.36 Å². The Bertz CT molecular complexity index is 1080. The molecule has 32 heavy (non-hydrogen) atoms. The first-order valence-electron chi connectivity index (χ1n) is 8.74. The maximum atomic E-state index is 13.0. The summed E-state index contributed by atoms with van der Waals surface area (Å²) in [6.45, 7) is 0. The van der Waals surface area contributed by atoms with E-state index >= 15 is 0 Å². The molecule has 0 saturated carbocycles. The number of para-hydroxylation sites is 2. The van der Waals surface area contributed by atoms with Crippen molar-refractivity contribution in [2.45, 2.75) is 17.5 Å². The van der Waals surface area contributed by atoms with Crippen LogP contribution in [-0.4, -0.2) is 33.5 Å². The Morgan fingerprint density at radius 1 is 1.06 bits per heavy atom. The summed E-state index contributed by atoms with van der Waals surface area (Å²) >= 11 is 0.892. The number of thioether (sulfide) groups is 1. The van der Waals surface area contributed by atoms with Crippen molar-refractivity contribution in [1.29, 1.82) is 0 Å². The second-order valence-corrected chi connectivity index (χ2v) is 7.23. The van der Waals surface area contributed by atoms with E-state index in [1.165, 1.54) is 18.0 Å². The number of nitrogens with zero attached hydrogens (tertiary/aromatic N) is 3. The van der Waals surface area contributed by atoms with E-state index in [1.54, 1.807) is 24.3 Å². The first-order chi connectivity index (χ1) is 15.0. The summed E-state index contributed by atoms with van der Waals surface area (Å²) in [7, 11) is 1.47. The summed E-state index contributed by atoms with van der Waals surface area (Å²) in [6, 6.07) is 7.77. The van der Waals surface area contributed by atoms with Gasteiger partial charge in [-0.1, -0.05) is 23.9 Å². The molecular formula is C19H14F6N4O2S. The van der Waals surface area contributed by atoms with Crippen molar-refractivity contribution in [3.05, 3.63) is 59.9 Å². The fourth-order valence-electron chi connectivity index (χ4n) is 2.67. The molecule has 1 aromatic heterocycles. The van der Waals surface area contributed by atoms with Gasteiger partial charge in [-0.2, -0.15) is 26.3 Å². The molecule has 0 unspecified atom stereocenters. The number of hydrogen-bond donors (Lipinski definition) is 1.